The van der Waals surface area contributed by atoms with Crippen molar-refractivity contribution >= 4 is 11.6 Å². The van der Waals surface area contributed by atoms with Gasteiger partial charge in [0.1, 0.15) is 0 Å². The maximum absolute atomic E-state index is 14.1. The van der Waals surface area contributed by atoms with Gasteiger partial charge in [0, 0.05) is 12.4 Å². The van der Waals surface area contributed by atoms with Crippen LogP contribution in [0.5, 0.6) is 0 Å². The zero-order valence-electron chi connectivity index (χ0n) is 13.0. The molecule has 0 saturated heterocycles. The van der Waals surface area contributed by atoms with Gasteiger partial charge in [-0.3, -0.25) is 4.79 Å². The van der Waals surface area contributed by atoms with Gasteiger partial charge in [0.25, 0.3) is 0 Å². The molecule has 0 amide bonds. The van der Waals surface area contributed by atoms with Crippen molar-refractivity contribution in [2.24, 2.45) is 11.8 Å². The topological polar surface area (TPSA) is 43.6 Å². The number of aromatic nitrogens is 2. The van der Waals surface area contributed by atoms with Crippen molar-refractivity contribution < 1.29 is 13.9 Å². The summed E-state index contributed by atoms with van der Waals surface area (Å²) in [6.07, 6.45) is 8.36. The third-order valence-corrected chi connectivity index (χ3v) is 4.59. The van der Waals surface area contributed by atoms with Gasteiger partial charge in [-0.2, -0.15) is 0 Å². The molecule has 1 aliphatic rings. The minimum absolute atomic E-state index is 0.0387. The molecule has 1 fully saturated rings. The van der Waals surface area contributed by atoms with E-state index in [4.69, 9.17) is 4.74 Å². The lowest BCUT2D eigenvalue weighted by atomic mass is 9.79. The zero-order chi connectivity index (χ0) is 15.7. The molecule has 5 heteroatoms. The molecule has 4 nitrogen and oxygen atoms in total. The summed E-state index contributed by atoms with van der Waals surface area (Å²) in [6, 6.07) is 1.59. The second-order valence-electron chi connectivity index (χ2n) is 6.25. The van der Waals surface area contributed by atoms with Gasteiger partial charge >= 0.3 is 5.97 Å². The molecule has 2 aromatic rings. The number of carbonyl (C=O) groups excluding carboxylic acids is 1. The van der Waals surface area contributed by atoms with Crippen LogP contribution in [0.25, 0.3) is 5.65 Å². The van der Waals surface area contributed by atoms with Gasteiger partial charge in [-0.25, -0.2) is 9.37 Å². The molecule has 3 rings (SSSR count). The van der Waals surface area contributed by atoms with Gasteiger partial charge in [-0.05, 0) is 56.6 Å². The van der Waals surface area contributed by atoms with Gasteiger partial charge in [0.2, 0.25) is 0 Å². The number of carbonyl (C=O) groups is 1. The van der Waals surface area contributed by atoms with Crippen molar-refractivity contribution in [3.05, 3.63) is 35.5 Å². The lowest BCUT2D eigenvalue weighted by Gasteiger charge is -2.26. The first-order valence-corrected chi connectivity index (χ1v) is 7.78. The number of hydrogen-bond acceptors (Lipinski definition) is 3. The Hall–Kier alpha value is -1.91. The van der Waals surface area contributed by atoms with Crippen LogP contribution in [-0.2, 0) is 16.0 Å². The van der Waals surface area contributed by atoms with E-state index in [1.54, 1.807) is 10.5 Å². The average Bonchev–Trinajstić information content (AvgIpc) is 2.88. The second kappa shape index (κ2) is 6.07. The second-order valence-corrected chi connectivity index (χ2v) is 6.25. The Morgan fingerprint density at radius 2 is 2.09 bits per heavy atom. The molecule has 2 heterocycles. The summed E-state index contributed by atoms with van der Waals surface area (Å²) < 4.78 is 20.7. The molecule has 0 bridgehead atoms. The van der Waals surface area contributed by atoms with Gasteiger partial charge in [-0.15, -0.1) is 0 Å². The van der Waals surface area contributed by atoms with Crippen LogP contribution < -0.4 is 0 Å². The summed E-state index contributed by atoms with van der Waals surface area (Å²) >= 11 is 0. The molecular weight excluding hydrogens is 283 g/mol. The number of pyridine rings is 1. The number of nitrogens with zero attached hydrogens (tertiary/aromatic N) is 2. The van der Waals surface area contributed by atoms with Crippen LogP contribution in [0.4, 0.5) is 4.39 Å². The highest BCUT2D eigenvalue weighted by Gasteiger charge is 2.27. The van der Waals surface area contributed by atoms with E-state index in [0.717, 1.165) is 43.4 Å². The highest BCUT2D eigenvalue weighted by atomic mass is 19.1. The molecule has 118 valence electrons. The number of hydrogen-bond donors (Lipinski definition) is 0. The minimum Gasteiger partial charge on any atom is -0.469 e. The molecule has 2 aromatic heterocycles. The lowest BCUT2D eigenvalue weighted by Crippen LogP contribution is -2.23. The Bertz CT molecular complexity index is 687. The first kappa shape index (κ1) is 15.0. The number of halogens is 1. The Kier molecular flexibility index (Phi) is 4.14. The fraction of sp³-hybridized carbons (Fsp3) is 0.529. The van der Waals surface area contributed by atoms with Crippen molar-refractivity contribution in [3.8, 4) is 0 Å². The fourth-order valence-corrected chi connectivity index (χ4v) is 3.45. The number of methoxy groups -OCH3 is 1. The van der Waals surface area contributed by atoms with Crippen molar-refractivity contribution in [1.29, 1.82) is 0 Å². The molecule has 1 saturated carbocycles. The first-order valence-electron chi connectivity index (χ1n) is 7.78. The Morgan fingerprint density at radius 1 is 1.36 bits per heavy atom. The summed E-state index contributed by atoms with van der Waals surface area (Å²) in [7, 11) is 1.44. The van der Waals surface area contributed by atoms with Crippen LogP contribution in [0.15, 0.2) is 18.5 Å². The third-order valence-electron chi connectivity index (χ3n) is 4.59. The molecule has 0 radical (unpaired) electrons. The standard InChI is InChI=1S/C17H21FN2O2/c1-11-9-20-10-13(8-15(18)16(20)19-11)7-12-3-5-14(6-4-12)17(21)22-2/h8-10,12,14H,3-7H2,1-2H3. The van der Waals surface area contributed by atoms with E-state index in [1.807, 2.05) is 19.3 Å². The summed E-state index contributed by atoms with van der Waals surface area (Å²) in [5.41, 5.74) is 2.19. The normalized spacial score (nSPS) is 22.0. The van der Waals surface area contributed by atoms with E-state index in [-0.39, 0.29) is 17.7 Å². The number of fused-ring (bicyclic) bond motifs is 1. The summed E-state index contributed by atoms with van der Waals surface area (Å²) in [5, 5.41) is 0. The van der Waals surface area contributed by atoms with E-state index < -0.39 is 0 Å². The third kappa shape index (κ3) is 2.98. The van der Waals surface area contributed by atoms with E-state index in [1.165, 1.54) is 7.11 Å². The van der Waals surface area contributed by atoms with Crippen molar-refractivity contribution in [1.82, 2.24) is 9.38 Å². The average molecular weight is 304 g/mol. The maximum Gasteiger partial charge on any atom is 0.308 e. The number of imidazole rings is 1. The molecule has 0 atom stereocenters. The highest BCUT2D eigenvalue weighted by Crippen LogP contribution is 2.32. The SMILES string of the molecule is COC(=O)C1CCC(Cc2cc(F)c3nc(C)cn3c2)CC1. The number of rotatable bonds is 3. The van der Waals surface area contributed by atoms with E-state index in [9.17, 15) is 9.18 Å². The molecule has 0 spiro atoms. The van der Waals surface area contributed by atoms with Crippen LogP contribution in [0, 0.1) is 24.6 Å². The van der Waals surface area contributed by atoms with Gasteiger partial charge in [-0.1, -0.05) is 0 Å². The molecule has 1 aliphatic carbocycles. The van der Waals surface area contributed by atoms with E-state index in [0.29, 0.717) is 11.6 Å². The van der Waals surface area contributed by atoms with Crippen LogP contribution in [0.1, 0.15) is 36.9 Å². The van der Waals surface area contributed by atoms with Crippen LogP contribution >= 0.6 is 0 Å². The van der Waals surface area contributed by atoms with E-state index in [2.05, 4.69) is 4.98 Å². The largest absolute Gasteiger partial charge is 0.469 e. The summed E-state index contributed by atoms with van der Waals surface area (Å²) in [5.74, 6) is 0.174. The molecule has 22 heavy (non-hydrogen) atoms. The Labute approximate surface area is 129 Å². The molecule has 0 unspecified atom stereocenters. The van der Waals surface area contributed by atoms with Gasteiger partial charge in [0.15, 0.2) is 11.5 Å². The van der Waals surface area contributed by atoms with Crippen LogP contribution in [0.3, 0.4) is 0 Å². The quantitative estimate of drug-likeness (QED) is 0.817. The number of esters is 1. The Balaban J connectivity index is 1.68. The van der Waals surface area contributed by atoms with E-state index >= 15 is 0 Å². The Morgan fingerprint density at radius 3 is 2.77 bits per heavy atom. The van der Waals surface area contributed by atoms with Crippen molar-refractivity contribution in [3.63, 3.8) is 0 Å². The molecule has 0 N–H and O–H groups in total. The van der Waals surface area contributed by atoms with Crippen molar-refractivity contribution in [2.45, 2.75) is 39.0 Å². The maximum atomic E-state index is 14.1. The van der Waals surface area contributed by atoms with Gasteiger partial charge < -0.3 is 9.14 Å². The number of ether oxygens (including phenoxy) is 1. The minimum atomic E-state index is -0.270. The molecule has 0 aliphatic heterocycles. The fourth-order valence-electron chi connectivity index (χ4n) is 3.45. The number of aryl methyl sites for hydroxylation is 1. The smallest absolute Gasteiger partial charge is 0.308 e. The molecular formula is C17H21FN2O2. The monoisotopic (exact) mass is 304 g/mol. The zero-order valence-corrected chi connectivity index (χ0v) is 13.0. The summed E-state index contributed by atoms with van der Waals surface area (Å²) in [6.45, 7) is 1.86. The predicted molar refractivity (Wildman–Crippen MR) is 81.1 cm³/mol. The van der Waals surface area contributed by atoms with Crippen molar-refractivity contribution in [2.75, 3.05) is 7.11 Å². The highest BCUT2D eigenvalue weighted by molar-refractivity contribution is 5.72. The first-order chi connectivity index (χ1) is 10.6. The summed E-state index contributed by atoms with van der Waals surface area (Å²) in [4.78, 5) is 15.7. The molecule has 0 aromatic carbocycles. The van der Waals surface area contributed by atoms with Gasteiger partial charge in [0.05, 0.1) is 18.7 Å². The van der Waals surface area contributed by atoms with Crippen LogP contribution in [0.2, 0.25) is 0 Å². The predicted octanol–water partition coefficient (Wildman–Crippen LogP) is 3.30. The van der Waals surface area contributed by atoms with Crippen LogP contribution in [-0.4, -0.2) is 22.5 Å². The lowest BCUT2D eigenvalue weighted by molar-refractivity contribution is -0.146.